The Balaban J connectivity index is 1.61. The Bertz CT molecular complexity index is 1000. The van der Waals surface area contributed by atoms with Crippen molar-refractivity contribution in [2.45, 2.75) is 17.7 Å². The minimum Gasteiger partial charge on any atom is -0.465 e. The summed E-state index contributed by atoms with van der Waals surface area (Å²) in [6, 6.07) is 12.5. The van der Waals surface area contributed by atoms with Crippen molar-refractivity contribution in [3.05, 3.63) is 59.1 Å². The summed E-state index contributed by atoms with van der Waals surface area (Å²) in [5.74, 6) is -0.995. The molecule has 0 radical (unpaired) electrons. The molecule has 0 atom stereocenters. The normalized spacial score (nSPS) is 15.7. The van der Waals surface area contributed by atoms with E-state index in [2.05, 4.69) is 10.1 Å². The molecule has 1 N–H and O–H groups in total. The van der Waals surface area contributed by atoms with Gasteiger partial charge in [0.15, 0.2) is 0 Å². The molecular weight excluding hydrogens is 416 g/mol. The minimum atomic E-state index is -3.61. The number of nitrogens with one attached hydrogen (secondary N) is 1. The fourth-order valence-corrected chi connectivity index (χ4v) is 4.80. The van der Waals surface area contributed by atoms with E-state index in [9.17, 15) is 18.0 Å². The summed E-state index contributed by atoms with van der Waals surface area (Å²) in [5.41, 5.74) is 0.836. The number of rotatable bonds is 5. The summed E-state index contributed by atoms with van der Waals surface area (Å²) in [5, 5.41) is 3.26. The number of carbonyl (C=O) groups excluding carboxylic acids is 2. The van der Waals surface area contributed by atoms with Gasteiger partial charge in [0.1, 0.15) is 0 Å². The number of hydrogen-bond acceptors (Lipinski definition) is 5. The third-order valence-electron chi connectivity index (χ3n) is 4.83. The highest BCUT2D eigenvalue weighted by atomic mass is 35.5. The average Bonchev–Trinajstić information content (AvgIpc) is 2.73. The second kappa shape index (κ2) is 8.94. The summed E-state index contributed by atoms with van der Waals surface area (Å²) < 4.78 is 31.5. The number of anilines is 1. The van der Waals surface area contributed by atoms with Gasteiger partial charge in [-0.2, -0.15) is 4.31 Å². The molecule has 1 aliphatic rings. The van der Waals surface area contributed by atoms with E-state index >= 15 is 0 Å². The smallest absolute Gasteiger partial charge is 0.337 e. The van der Waals surface area contributed by atoms with Gasteiger partial charge in [-0.1, -0.05) is 17.7 Å². The number of benzene rings is 2. The number of ether oxygens (including phenoxy) is 1. The van der Waals surface area contributed by atoms with Gasteiger partial charge in [0.05, 0.1) is 17.6 Å². The summed E-state index contributed by atoms with van der Waals surface area (Å²) in [4.78, 5) is 24.4. The van der Waals surface area contributed by atoms with E-state index in [-0.39, 0.29) is 29.8 Å². The lowest BCUT2D eigenvalue weighted by Gasteiger charge is -2.30. The van der Waals surface area contributed by atoms with E-state index in [1.54, 1.807) is 24.3 Å². The number of amides is 1. The predicted octanol–water partition coefficient (Wildman–Crippen LogP) is 3.17. The third-order valence-corrected chi connectivity index (χ3v) is 6.99. The fraction of sp³-hybridized carbons (Fsp3) is 0.300. The van der Waals surface area contributed by atoms with Crippen molar-refractivity contribution < 1.29 is 22.7 Å². The molecule has 0 unspecified atom stereocenters. The van der Waals surface area contributed by atoms with Gasteiger partial charge in [-0.05, 0) is 55.3 Å². The van der Waals surface area contributed by atoms with Crippen LogP contribution in [0.25, 0.3) is 0 Å². The van der Waals surface area contributed by atoms with Gasteiger partial charge in [-0.3, -0.25) is 4.79 Å². The predicted molar refractivity (Wildman–Crippen MR) is 109 cm³/mol. The number of esters is 1. The first-order chi connectivity index (χ1) is 13.8. The van der Waals surface area contributed by atoms with Crippen molar-refractivity contribution in [3.63, 3.8) is 0 Å². The second-order valence-corrected chi connectivity index (χ2v) is 9.07. The molecule has 7 nitrogen and oxygen atoms in total. The van der Waals surface area contributed by atoms with Crippen LogP contribution in [0.5, 0.6) is 0 Å². The highest BCUT2D eigenvalue weighted by Gasteiger charge is 2.32. The average molecular weight is 437 g/mol. The van der Waals surface area contributed by atoms with Crippen molar-refractivity contribution in [1.82, 2.24) is 4.31 Å². The van der Waals surface area contributed by atoms with Crippen LogP contribution < -0.4 is 5.32 Å². The molecule has 3 rings (SSSR count). The number of piperidine rings is 1. The van der Waals surface area contributed by atoms with Gasteiger partial charge in [-0.25, -0.2) is 13.2 Å². The van der Waals surface area contributed by atoms with Crippen LogP contribution in [0, 0.1) is 5.92 Å². The van der Waals surface area contributed by atoms with Crippen molar-refractivity contribution in [2.75, 3.05) is 25.5 Å². The molecule has 154 valence electrons. The Morgan fingerprint density at radius 3 is 2.38 bits per heavy atom. The van der Waals surface area contributed by atoms with Gasteiger partial charge >= 0.3 is 5.97 Å². The number of sulfonamides is 1. The molecule has 0 saturated carbocycles. The molecule has 1 aliphatic heterocycles. The Kier molecular flexibility index (Phi) is 6.56. The van der Waals surface area contributed by atoms with Crippen molar-refractivity contribution in [1.29, 1.82) is 0 Å². The van der Waals surface area contributed by atoms with Gasteiger partial charge in [0.25, 0.3) is 0 Å². The molecule has 2 aromatic carbocycles. The number of carbonyl (C=O) groups is 2. The monoisotopic (exact) mass is 436 g/mol. The second-order valence-electron chi connectivity index (χ2n) is 6.69. The summed E-state index contributed by atoms with van der Waals surface area (Å²) >= 11 is 5.82. The minimum absolute atomic E-state index is 0.185. The largest absolute Gasteiger partial charge is 0.465 e. The maximum Gasteiger partial charge on any atom is 0.337 e. The molecule has 9 heteroatoms. The van der Waals surface area contributed by atoms with Crippen LogP contribution >= 0.6 is 11.6 Å². The summed E-state index contributed by atoms with van der Waals surface area (Å²) in [6.07, 6.45) is 0.824. The van der Waals surface area contributed by atoms with Gasteiger partial charge in [0.2, 0.25) is 15.9 Å². The van der Waals surface area contributed by atoms with Gasteiger partial charge in [0, 0.05) is 29.7 Å². The molecule has 2 aromatic rings. The zero-order valence-corrected chi connectivity index (χ0v) is 17.4. The first-order valence-electron chi connectivity index (χ1n) is 9.06. The van der Waals surface area contributed by atoms with E-state index in [4.69, 9.17) is 11.6 Å². The van der Waals surface area contributed by atoms with E-state index in [1.165, 1.54) is 35.7 Å². The molecular formula is C20H21ClN2O5S. The van der Waals surface area contributed by atoms with Crippen LogP contribution in [0.2, 0.25) is 5.02 Å². The maximum atomic E-state index is 12.7. The Labute approximate surface area is 174 Å². The molecule has 1 fully saturated rings. The lowest BCUT2D eigenvalue weighted by atomic mass is 9.97. The molecule has 1 heterocycles. The maximum absolute atomic E-state index is 12.7. The van der Waals surface area contributed by atoms with Crippen molar-refractivity contribution >= 4 is 39.2 Å². The van der Waals surface area contributed by atoms with E-state index in [0.29, 0.717) is 29.1 Å². The van der Waals surface area contributed by atoms with Crippen LogP contribution in [0.4, 0.5) is 5.69 Å². The molecule has 0 bridgehead atoms. The molecule has 0 aliphatic carbocycles. The quantitative estimate of drug-likeness (QED) is 0.726. The number of halogens is 1. The molecule has 1 amide bonds. The molecule has 0 spiro atoms. The van der Waals surface area contributed by atoms with Gasteiger partial charge < -0.3 is 10.1 Å². The Morgan fingerprint density at radius 1 is 1.10 bits per heavy atom. The fourth-order valence-electron chi connectivity index (χ4n) is 3.20. The van der Waals surface area contributed by atoms with Crippen LogP contribution in [0.3, 0.4) is 0 Å². The van der Waals surface area contributed by atoms with Crippen molar-refractivity contribution in [2.24, 2.45) is 5.92 Å². The lowest BCUT2D eigenvalue weighted by molar-refractivity contribution is -0.120. The summed E-state index contributed by atoms with van der Waals surface area (Å²) in [7, 11) is -2.32. The number of methoxy groups -OCH3 is 1. The first kappa shape index (κ1) is 21.3. The SMILES string of the molecule is COC(=O)c1cccc(NC(=O)C2CCN(S(=O)(=O)c3ccc(Cl)cc3)CC2)c1. The van der Waals surface area contributed by atoms with Gasteiger partial charge in [-0.15, -0.1) is 0 Å². The standard InChI is InChI=1S/C20H21ClN2O5S/c1-28-20(25)15-3-2-4-17(13-15)22-19(24)14-9-11-23(12-10-14)29(26,27)18-7-5-16(21)6-8-18/h2-8,13-14H,9-12H2,1H3,(H,22,24). The van der Waals surface area contributed by atoms with Crippen LogP contribution in [0.15, 0.2) is 53.4 Å². The lowest BCUT2D eigenvalue weighted by Crippen LogP contribution is -2.41. The zero-order chi connectivity index (χ0) is 21.0. The Morgan fingerprint density at radius 2 is 1.76 bits per heavy atom. The summed E-state index contributed by atoms with van der Waals surface area (Å²) in [6.45, 7) is 0.510. The molecule has 29 heavy (non-hydrogen) atoms. The topological polar surface area (TPSA) is 92.8 Å². The van der Waals surface area contributed by atoms with Crippen molar-refractivity contribution in [3.8, 4) is 0 Å². The first-order valence-corrected chi connectivity index (χ1v) is 10.9. The van der Waals surface area contributed by atoms with E-state index in [0.717, 1.165) is 0 Å². The van der Waals surface area contributed by atoms with Crippen LogP contribution in [-0.4, -0.2) is 44.8 Å². The van der Waals surface area contributed by atoms with E-state index in [1.807, 2.05) is 0 Å². The zero-order valence-electron chi connectivity index (χ0n) is 15.8. The third kappa shape index (κ3) is 4.95. The molecule has 1 saturated heterocycles. The Hall–Kier alpha value is -2.42. The molecule has 0 aromatic heterocycles. The van der Waals surface area contributed by atoms with Crippen LogP contribution in [0.1, 0.15) is 23.2 Å². The number of nitrogens with zero attached hydrogens (tertiary/aromatic N) is 1. The van der Waals surface area contributed by atoms with Crippen LogP contribution in [-0.2, 0) is 19.6 Å². The highest BCUT2D eigenvalue weighted by molar-refractivity contribution is 7.89. The highest BCUT2D eigenvalue weighted by Crippen LogP contribution is 2.26. The van der Waals surface area contributed by atoms with E-state index < -0.39 is 16.0 Å². The number of hydrogen-bond donors (Lipinski definition) is 1.